The molecule has 0 atom stereocenters. The molecule has 1 aliphatic heterocycles. The van der Waals surface area contributed by atoms with Gasteiger partial charge in [0.25, 0.3) is 0 Å². The number of aromatic nitrogens is 2. The molecule has 0 saturated carbocycles. The SMILES string of the molecule is COCCOc1ccc(Nc2nc(CN3CCOCC3)nc3scc(-c4cccs4)c23)cc1. The second kappa shape index (κ2) is 10.6. The van der Waals surface area contributed by atoms with Crippen LogP contribution in [0.25, 0.3) is 20.7 Å². The molecule has 0 unspecified atom stereocenters. The maximum Gasteiger partial charge on any atom is 0.146 e. The first-order chi connectivity index (χ1) is 16.3. The number of morpholine rings is 1. The lowest BCUT2D eigenvalue weighted by Crippen LogP contribution is -2.36. The predicted molar refractivity (Wildman–Crippen MR) is 134 cm³/mol. The van der Waals surface area contributed by atoms with Crippen molar-refractivity contribution >= 4 is 44.4 Å². The van der Waals surface area contributed by atoms with Crippen LogP contribution in [0.4, 0.5) is 11.5 Å². The highest BCUT2D eigenvalue weighted by molar-refractivity contribution is 7.18. The lowest BCUT2D eigenvalue weighted by molar-refractivity contribution is 0.0331. The number of thiophene rings is 2. The topological polar surface area (TPSA) is 68.7 Å². The van der Waals surface area contributed by atoms with Crippen LogP contribution in [0.2, 0.25) is 0 Å². The zero-order valence-electron chi connectivity index (χ0n) is 18.5. The Balaban J connectivity index is 1.45. The summed E-state index contributed by atoms with van der Waals surface area (Å²) < 4.78 is 16.2. The lowest BCUT2D eigenvalue weighted by atomic mass is 10.2. The number of anilines is 2. The maximum absolute atomic E-state index is 5.69. The first-order valence-electron chi connectivity index (χ1n) is 10.9. The van der Waals surface area contributed by atoms with E-state index in [9.17, 15) is 0 Å². The Hall–Kier alpha value is -2.56. The molecule has 4 heterocycles. The molecule has 0 radical (unpaired) electrons. The molecule has 0 spiro atoms. The van der Waals surface area contributed by atoms with Crippen molar-refractivity contribution in [3.05, 3.63) is 53.0 Å². The van der Waals surface area contributed by atoms with Gasteiger partial charge in [-0.1, -0.05) is 6.07 Å². The van der Waals surface area contributed by atoms with Crippen molar-refractivity contribution in [1.82, 2.24) is 14.9 Å². The summed E-state index contributed by atoms with van der Waals surface area (Å²) in [6.07, 6.45) is 0. The summed E-state index contributed by atoms with van der Waals surface area (Å²) in [7, 11) is 1.67. The van der Waals surface area contributed by atoms with Crippen LogP contribution < -0.4 is 10.1 Å². The van der Waals surface area contributed by atoms with E-state index < -0.39 is 0 Å². The van der Waals surface area contributed by atoms with Gasteiger partial charge in [0.1, 0.15) is 28.8 Å². The van der Waals surface area contributed by atoms with Gasteiger partial charge >= 0.3 is 0 Å². The van der Waals surface area contributed by atoms with Gasteiger partial charge in [-0.05, 0) is 35.7 Å². The number of methoxy groups -OCH3 is 1. The van der Waals surface area contributed by atoms with E-state index in [1.807, 2.05) is 24.3 Å². The molecular formula is C24H26N4O3S2. The summed E-state index contributed by atoms with van der Waals surface area (Å²) in [5.41, 5.74) is 2.12. The number of nitrogens with zero attached hydrogens (tertiary/aromatic N) is 3. The molecule has 172 valence electrons. The second-order valence-electron chi connectivity index (χ2n) is 7.67. The highest BCUT2D eigenvalue weighted by atomic mass is 32.1. The van der Waals surface area contributed by atoms with Crippen LogP contribution in [0.3, 0.4) is 0 Å². The molecule has 1 aliphatic rings. The standard InChI is InChI=1S/C24H26N4O3S2/c1-29-12-13-31-18-6-4-17(5-7-18)25-23-22-19(20-3-2-14-32-20)16-33-24(22)27-21(26-23)15-28-8-10-30-11-9-28/h2-7,14,16H,8-13,15H2,1H3,(H,25,26,27). The first kappa shape index (κ1) is 22.2. The van der Waals surface area contributed by atoms with Gasteiger partial charge in [0.15, 0.2) is 0 Å². The van der Waals surface area contributed by atoms with Crippen LogP contribution in [-0.4, -0.2) is 61.5 Å². The molecule has 1 fully saturated rings. The Morgan fingerprint density at radius 1 is 1.06 bits per heavy atom. The third kappa shape index (κ3) is 5.34. The number of rotatable bonds is 9. The average molecular weight is 483 g/mol. The van der Waals surface area contributed by atoms with Gasteiger partial charge in [-0.2, -0.15) is 0 Å². The molecule has 7 nitrogen and oxygen atoms in total. The second-order valence-corrected chi connectivity index (χ2v) is 9.48. The largest absolute Gasteiger partial charge is 0.491 e. The summed E-state index contributed by atoms with van der Waals surface area (Å²) in [5, 5.41) is 8.89. The van der Waals surface area contributed by atoms with E-state index in [1.165, 1.54) is 10.4 Å². The zero-order chi connectivity index (χ0) is 22.5. The summed E-state index contributed by atoms with van der Waals surface area (Å²) >= 11 is 3.40. The molecule has 0 aliphatic carbocycles. The highest BCUT2D eigenvalue weighted by Crippen LogP contribution is 2.39. The summed E-state index contributed by atoms with van der Waals surface area (Å²) in [6, 6.07) is 12.2. The van der Waals surface area contributed by atoms with Crippen molar-refractivity contribution in [1.29, 1.82) is 0 Å². The third-order valence-corrected chi connectivity index (χ3v) is 7.18. The predicted octanol–water partition coefficient (Wildman–Crippen LogP) is 5.02. The van der Waals surface area contributed by atoms with E-state index in [2.05, 4.69) is 33.1 Å². The van der Waals surface area contributed by atoms with Crippen molar-refractivity contribution in [2.75, 3.05) is 51.9 Å². The monoisotopic (exact) mass is 482 g/mol. The molecule has 4 aromatic rings. The molecule has 5 rings (SSSR count). The normalized spacial score (nSPS) is 14.6. The van der Waals surface area contributed by atoms with E-state index in [0.717, 1.165) is 59.6 Å². The fraction of sp³-hybridized carbons (Fsp3) is 0.333. The quantitative estimate of drug-likeness (QED) is 0.336. The van der Waals surface area contributed by atoms with Gasteiger partial charge in [-0.3, -0.25) is 4.90 Å². The molecule has 3 aromatic heterocycles. The van der Waals surface area contributed by atoms with E-state index >= 15 is 0 Å². The van der Waals surface area contributed by atoms with Crippen LogP contribution >= 0.6 is 22.7 Å². The summed E-state index contributed by atoms with van der Waals surface area (Å²) in [4.78, 5) is 14.4. The van der Waals surface area contributed by atoms with Crippen LogP contribution in [0.1, 0.15) is 5.82 Å². The van der Waals surface area contributed by atoms with E-state index in [0.29, 0.717) is 19.8 Å². The first-order valence-corrected chi connectivity index (χ1v) is 12.7. The van der Waals surface area contributed by atoms with Crippen LogP contribution in [-0.2, 0) is 16.0 Å². The zero-order valence-corrected chi connectivity index (χ0v) is 20.1. The number of nitrogens with one attached hydrogen (secondary N) is 1. The Labute approximate surface area is 201 Å². The van der Waals surface area contributed by atoms with Gasteiger partial charge in [0.2, 0.25) is 0 Å². The molecule has 0 amide bonds. The van der Waals surface area contributed by atoms with Crippen molar-refractivity contribution in [3.63, 3.8) is 0 Å². The molecule has 1 aromatic carbocycles. The van der Waals surface area contributed by atoms with Crippen molar-refractivity contribution in [2.45, 2.75) is 6.54 Å². The minimum atomic E-state index is 0.528. The summed E-state index contributed by atoms with van der Waals surface area (Å²) in [6.45, 7) is 5.13. The maximum atomic E-state index is 5.69. The van der Waals surface area contributed by atoms with Gasteiger partial charge in [0.05, 0.1) is 31.8 Å². The van der Waals surface area contributed by atoms with Gasteiger partial charge in [0, 0.05) is 41.7 Å². The van der Waals surface area contributed by atoms with Crippen LogP contribution in [0.15, 0.2) is 47.2 Å². The molecule has 33 heavy (non-hydrogen) atoms. The molecule has 1 N–H and O–H groups in total. The molecular weight excluding hydrogens is 456 g/mol. The Kier molecular flexibility index (Phi) is 7.13. The minimum absolute atomic E-state index is 0.528. The number of hydrogen-bond acceptors (Lipinski definition) is 9. The number of ether oxygens (including phenoxy) is 3. The Morgan fingerprint density at radius 3 is 2.67 bits per heavy atom. The van der Waals surface area contributed by atoms with E-state index in [1.54, 1.807) is 29.8 Å². The van der Waals surface area contributed by atoms with Crippen molar-refractivity contribution in [3.8, 4) is 16.2 Å². The van der Waals surface area contributed by atoms with Gasteiger partial charge < -0.3 is 19.5 Å². The fourth-order valence-electron chi connectivity index (χ4n) is 3.73. The Morgan fingerprint density at radius 2 is 1.91 bits per heavy atom. The van der Waals surface area contributed by atoms with Crippen molar-refractivity contribution < 1.29 is 14.2 Å². The smallest absolute Gasteiger partial charge is 0.146 e. The summed E-state index contributed by atoms with van der Waals surface area (Å²) in [5.74, 6) is 2.47. The van der Waals surface area contributed by atoms with E-state index in [-0.39, 0.29) is 0 Å². The van der Waals surface area contributed by atoms with Crippen LogP contribution in [0, 0.1) is 0 Å². The number of benzene rings is 1. The Bertz CT molecular complexity index is 1170. The minimum Gasteiger partial charge on any atom is -0.491 e. The number of hydrogen-bond donors (Lipinski definition) is 1. The van der Waals surface area contributed by atoms with Gasteiger partial charge in [-0.15, -0.1) is 22.7 Å². The van der Waals surface area contributed by atoms with E-state index in [4.69, 9.17) is 24.2 Å². The number of fused-ring (bicyclic) bond motifs is 1. The average Bonchev–Trinajstić information content (AvgIpc) is 3.51. The van der Waals surface area contributed by atoms with Gasteiger partial charge in [-0.25, -0.2) is 9.97 Å². The molecule has 1 saturated heterocycles. The molecule has 9 heteroatoms. The van der Waals surface area contributed by atoms with Crippen molar-refractivity contribution in [2.24, 2.45) is 0 Å². The molecule has 0 bridgehead atoms. The lowest BCUT2D eigenvalue weighted by Gasteiger charge is -2.25. The van der Waals surface area contributed by atoms with Crippen LogP contribution in [0.5, 0.6) is 5.75 Å². The highest BCUT2D eigenvalue weighted by Gasteiger charge is 2.19. The fourth-order valence-corrected chi connectivity index (χ4v) is 5.51. The third-order valence-electron chi connectivity index (χ3n) is 5.41.